The molecule has 0 radical (unpaired) electrons. The molecule has 2 nitrogen and oxygen atoms in total. The molecule has 0 atom stereocenters. The number of halogens is 4. The van der Waals surface area contributed by atoms with Crippen LogP contribution in [0, 0.1) is 0 Å². The second-order valence-corrected chi connectivity index (χ2v) is 3.67. The van der Waals surface area contributed by atoms with Crippen molar-refractivity contribution in [3.63, 3.8) is 0 Å². The third-order valence-corrected chi connectivity index (χ3v) is 2.44. The van der Waals surface area contributed by atoms with Gasteiger partial charge in [-0.1, -0.05) is 11.6 Å². The van der Waals surface area contributed by atoms with E-state index in [1.165, 1.54) is 0 Å². The van der Waals surface area contributed by atoms with Crippen molar-refractivity contribution in [2.45, 2.75) is 20.0 Å². The Kier molecular flexibility index (Phi) is 4.03. The molecule has 0 N–H and O–H groups in total. The predicted molar refractivity (Wildman–Crippen MR) is 57.6 cm³/mol. The fourth-order valence-corrected chi connectivity index (χ4v) is 1.76. The van der Waals surface area contributed by atoms with E-state index in [4.69, 9.17) is 16.3 Å². The molecule has 0 bridgehead atoms. The van der Waals surface area contributed by atoms with E-state index in [0.717, 1.165) is 19.1 Å². The van der Waals surface area contributed by atoms with E-state index in [-0.39, 0.29) is 17.4 Å². The van der Waals surface area contributed by atoms with Gasteiger partial charge in [0, 0.05) is 0 Å². The first-order chi connectivity index (χ1) is 7.79. The number of Topliss-reactive ketones (excluding diaryl/α,β-unsaturated/α-hetero) is 1. The van der Waals surface area contributed by atoms with Gasteiger partial charge >= 0.3 is 6.18 Å². The van der Waals surface area contributed by atoms with Crippen LogP contribution in [0.15, 0.2) is 12.1 Å². The van der Waals surface area contributed by atoms with Crippen molar-refractivity contribution in [1.82, 2.24) is 0 Å². The summed E-state index contributed by atoms with van der Waals surface area (Å²) in [5.41, 5.74) is -1.59. The molecule has 0 saturated heterocycles. The van der Waals surface area contributed by atoms with Crippen LogP contribution in [0.3, 0.4) is 0 Å². The summed E-state index contributed by atoms with van der Waals surface area (Å²) >= 11 is 5.75. The smallest absolute Gasteiger partial charge is 0.417 e. The number of carbonyl (C=O) groups excluding carboxylic acids is 1. The van der Waals surface area contributed by atoms with Crippen LogP contribution >= 0.6 is 11.6 Å². The third-order valence-electron chi connectivity index (χ3n) is 2.06. The fraction of sp³-hybridized carbons (Fsp3) is 0.364. The second-order valence-electron chi connectivity index (χ2n) is 3.29. The predicted octanol–water partition coefficient (Wildman–Crippen LogP) is 3.96. The molecule has 0 heterocycles. The molecule has 1 rings (SSSR count). The maximum atomic E-state index is 12.7. The molecule has 6 heteroatoms. The van der Waals surface area contributed by atoms with Gasteiger partial charge in [0.1, 0.15) is 5.75 Å². The lowest BCUT2D eigenvalue weighted by Crippen LogP contribution is -2.13. The Bertz CT molecular complexity index is 441. The number of hydrogen-bond donors (Lipinski definition) is 0. The maximum Gasteiger partial charge on any atom is 0.417 e. The molecule has 1 aromatic rings. The number of benzene rings is 1. The van der Waals surface area contributed by atoms with Crippen LogP contribution in [0.1, 0.15) is 29.8 Å². The third kappa shape index (κ3) is 2.91. The number of carbonyl (C=O) groups is 1. The second kappa shape index (κ2) is 4.96. The van der Waals surface area contributed by atoms with Crippen LogP contribution in [0.4, 0.5) is 13.2 Å². The Morgan fingerprint density at radius 2 is 2.00 bits per heavy atom. The summed E-state index contributed by atoms with van der Waals surface area (Å²) in [7, 11) is 0. The molecule has 0 aliphatic rings. The Labute approximate surface area is 101 Å². The zero-order chi connectivity index (χ0) is 13.2. The highest BCUT2D eigenvalue weighted by Crippen LogP contribution is 2.39. The molecule has 0 aliphatic carbocycles. The van der Waals surface area contributed by atoms with Gasteiger partial charge in [-0.2, -0.15) is 13.2 Å². The Morgan fingerprint density at radius 3 is 2.41 bits per heavy atom. The molecular formula is C11H10ClF3O2. The van der Waals surface area contributed by atoms with Crippen LogP contribution in [0.5, 0.6) is 5.75 Å². The normalized spacial score (nSPS) is 11.4. The van der Waals surface area contributed by atoms with Crippen LogP contribution < -0.4 is 4.74 Å². The largest absolute Gasteiger partial charge is 0.492 e. The van der Waals surface area contributed by atoms with Crippen molar-refractivity contribution in [2.24, 2.45) is 0 Å². The van der Waals surface area contributed by atoms with Gasteiger partial charge in [-0.05, 0) is 26.0 Å². The highest BCUT2D eigenvalue weighted by atomic mass is 35.5. The number of rotatable bonds is 3. The summed E-state index contributed by atoms with van der Waals surface area (Å²) in [5.74, 6) is -0.670. The minimum absolute atomic E-state index is 0.0763. The number of hydrogen-bond acceptors (Lipinski definition) is 2. The summed E-state index contributed by atoms with van der Waals surface area (Å²) in [5, 5.41) is -0.297. The van der Waals surface area contributed by atoms with Crippen molar-refractivity contribution in [2.75, 3.05) is 6.61 Å². The summed E-state index contributed by atoms with van der Waals surface area (Å²) in [6, 6.07) is 1.91. The summed E-state index contributed by atoms with van der Waals surface area (Å²) in [6.45, 7) is 2.95. The van der Waals surface area contributed by atoms with E-state index in [1.807, 2.05) is 0 Å². The molecule has 1 aromatic carbocycles. The molecule has 0 amide bonds. The molecular weight excluding hydrogens is 257 g/mol. The topological polar surface area (TPSA) is 26.3 Å². The molecule has 0 unspecified atom stereocenters. The number of alkyl halides is 3. The van der Waals surface area contributed by atoms with Gasteiger partial charge in [-0.25, -0.2) is 0 Å². The fourth-order valence-electron chi connectivity index (χ4n) is 1.40. The highest BCUT2D eigenvalue weighted by molar-refractivity contribution is 6.35. The van der Waals surface area contributed by atoms with Gasteiger partial charge in [0.15, 0.2) is 5.78 Å². The summed E-state index contributed by atoms with van der Waals surface area (Å²) in [4.78, 5) is 11.3. The zero-order valence-electron chi connectivity index (χ0n) is 9.19. The molecule has 0 saturated carbocycles. The molecule has 94 valence electrons. The molecule has 0 aromatic heterocycles. The van der Waals surface area contributed by atoms with Crippen molar-refractivity contribution in [1.29, 1.82) is 0 Å². The first-order valence-corrected chi connectivity index (χ1v) is 5.20. The minimum atomic E-state index is -4.62. The van der Waals surface area contributed by atoms with Gasteiger partial charge in [0.05, 0.1) is 22.8 Å². The van der Waals surface area contributed by atoms with Crippen LogP contribution in [-0.2, 0) is 6.18 Å². The molecule has 17 heavy (non-hydrogen) atoms. The van der Waals surface area contributed by atoms with Crippen LogP contribution in [-0.4, -0.2) is 12.4 Å². The number of ether oxygens (including phenoxy) is 1. The Balaban J connectivity index is 3.45. The zero-order valence-corrected chi connectivity index (χ0v) is 9.95. The van der Waals surface area contributed by atoms with Crippen LogP contribution in [0.2, 0.25) is 5.02 Å². The lowest BCUT2D eigenvalue weighted by Gasteiger charge is -2.15. The van der Waals surface area contributed by atoms with Crippen molar-refractivity contribution < 1.29 is 22.7 Å². The van der Waals surface area contributed by atoms with Gasteiger partial charge in [0.2, 0.25) is 0 Å². The monoisotopic (exact) mass is 266 g/mol. The van der Waals surface area contributed by atoms with E-state index < -0.39 is 23.1 Å². The van der Waals surface area contributed by atoms with E-state index in [9.17, 15) is 18.0 Å². The van der Waals surface area contributed by atoms with E-state index in [0.29, 0.717) is 0 Å². The maximum absolute atomic E-state index is 12.7. The van der Waals surface area contributed by atoms with E-state index >= 15 is 0 Å². The average molecular weight is 267 g/mol. The molecule has 0 spiro atoms. The van der Waals surface area contributed by atoms with Crippen LogP contribution in [0.25, 0.3) is 0 Å². The van der Waals surface area contributed by atoms with Gasteiger partial charge in [0.25, 0.3) is 0 Å². The lowest BCUT2D eigenvalue weighted by atomic mass is 10.0. The van der Waals surface area contributed by atoms with Gasteiger partial charge in [-0.15, -0.1) is 0 Å². The molecule has 0 aliphatic heterocycles. The van der Waals surface area contributed by atoms with Gasteiger partial charge < -0.3 is 4.74 Å². The summed E-state index contributed by atoms with van der Waals surface area (Å²) in [6.07, 6.45) is -4.62. The Hall–Kier alpha value is -1.23. The van der Waals surface area contributed by atoms with Crippen molar-refractivity contribution in [3.05, 3.63) is 28.3 Å². The first kappa shape index (κ1) is 13.8. The van der Waals surface area contributed by atoms with Gasteiger partial charge in [-0.3, -0.25) is 4.79 Å². The van der Waals surface area contributed by atoms with Crippen molar-refractivity contribution in [3.8, 4) is 5.75 Å². The van der Waals surface area contributed by atoms with E-state index in [1.54, 1.807) is 6.92 Å². The first-order valence-electron chi connectivity index (χ1n) is 4.82. The SMILES string of the molecule is CCOc1ccc(C(F)(F)F)c(C(C)=O)c1Cl. The minimum Gasteiger partial charge on any atom is -0.492 e. The lowest BCUT2D eigenvalue weighted by molar-refractivity contribution is -0.137. The number of ketones is 1. The standard InChI is InChI=1S/C11H10ClF3O2/c1-3-17-8-5-4-7(11(13,14)15)9(6(2)16)10(8)12/h4-5H,3H2,1-2H3. The Morgan fingerprint density at radius 1 is 1.41 bits per heavy atom. The van der Waals surface area contributed by atoms with E-state index in [2.05, 4.69) is 0 Å². The van der Waals surface area contributed by atoms with Crippen molar-refractivity contribution >= 4 is 17.4 Å². The average Bonchev–Trinajstić information content (AvgIpc) is 2.18. The quantitative estimate of drug-likeness (QED) is 0.774. The highest BCUT2D eigenvalue weighted by Gasteiger charge is 2.36. The summed E-state index contributed by atoms with van der Waals surface area (Å²) < 4.78 is 43.0. The molecule has 0 fully saturated rings.